The maximum atomic E-state index is 13.6. The Morgan fingerprint density at radius 1 is 1.07 bits per heavy atom. The average Bonchev–Trinajstić information content (AvgIpc) is 3.42. The summed E-state index contributed by atoms with van der Waals surface area (Å²) in [4.78, 5) is 23.5. The third-order valence-electron chi connectivity index (χ3n) is 6.76. The topological polar surface area (TPSA) is 118 Å². The summed E-state index contributed by atoms with van der Waals surface area (Å²) in [7, 11) is 0. The number of thiazole rings is 1. The van der Waals surface area contributed by atoms with Gasteiger partial charge in [0.25, 0.3) is 11.8 Å². The van der Waals surface area contributed by atoms with Gasteiger partial charge in [-0.05, 0) is 12.5 Å². The van der Waals surface area contributed by atoms with Crippen LogP contribution in [0.3, 0.4) is 0 Å². The molecule has 2 fully saturated rings. The second-order valence-electron chi connectivity index (χ2n) is 9.41. The van der Waals surface area contributed by atoms with E-state index >= 15 is 0 Å². The van der Waals surface area contributed by atoms with Crippen LogP contribution in [0.2, 0.25) is 0 Å². The Labute approximate surface area is 228 Å². The standard InChI is InChI=1S/C26H20F3N7O3S/c27-26(28,29)24-32-19(23(40-24)36-10-11-38-17-12-16(17)36)22-34-35-25(39-22)33-20-21(37)30-15-9-5-4-8-14(15)18(31-20)13-6-2-1-3-7-13/h1-9,16-17,20H,10-12H2,(H,30,37)(H,33,35)/t16-,17+,20+/m0/s1. The molecule has 2 aromatic carbocycles. The van der Waals surface area contributed by atoms with Gasteiger partial charge in [0.2, 0.25) is 11.2 Å². The van der Waals surface area contributed by atoms with Crippen LogP contribution in [0.15, 0.2) is 64.0 Å². The van der Waals surface area contributed by atoms with Gasteiger partial charge < -0.3 is 24.7 Å². The molecule has 1 aliphatic carbocycles. The summed E-state index contributed by atoms with van der Waals surface area (Å²) in [5, 5.41) is 12.9. The predicted molar refractivity (Wildman–Crippen MR) is 140 cm³/mol. The Kier molecular flexibility index (Phi) is 5.82. The molecule has 3 aliphatic rings. The lowest BCUT2D eigenvalue weighted by Crippen LogP contribution is -2.36. The monoisotopic (exact) mass is 567 g/mol. The van der Waals surface area contributed by atoms with Crippen LogP contribution in [-0.4, -0.2) is 58.3 Å². The smallest absolute Gasteiger partial charge is 0.402 e. The van der Waals surface area contributed by atoms with Crippen molar-refractivity contribution in [2.24, 2.45) is 4.99 Å². The lowest BCUT2D eigenvalue weighted by Gasteiger charge is -2.27. The molecular weight excluding hydrogens is 547 g/mol. The van der Waals surface area contributed by atoms with Gasteiger partial charge in [-0.15, -0.1) is 5.10 Å². The van der Waals surface area contributed by atoms with Crippen molar-refractivity contribution in [3.63, 3.8) is 0 Å². The number of aliphatic imine (C=N–C) groups is 1. The number of morpholine rings is 1. The number of halogens is 3. The number of benzodiazepines with no additional fused rings is 1. The molecule has 4 heterocycles. The van der Waals surface area contributed by atoms with Crippen molar-refractivity contribution in [2.75, 3.05) is 28.7 Å². The van der Waals surface area contributed by atoms with Crippen molar-refractivity contribution < 1.29 is 27.1 Å². The van der Waals surface area contributed by atoms with E-state index < -0.39 is 23.3 Å². The minimum atomic E-state index is -4.63. The van der Waals surface area contributed by atoms with Gasteiger partial charge in [0.1, 0.15) is 5.00 Å². The first kappa shape index (κ1) is 24.7. The highest BCUT2D eigenvalue weighted by Gasteiger charge is 2.48. The van der Waals surface area contributed by atoms with E-state index in [2.05, 4.69) is 30.8 Å². The van der Waals surface area contributed by atoms with Crippen LogP contribution in [0, 0.1) is 0 Å². The zero-order valence-electron chi connectivity index (χ0n) is 20.6. The second-order valence-corrected chi connectivity index (χ2v) is 10.4. The van der Waals surface area contributed by atoms with E-state index in [4.69, 9.17) is 9.15 Å². The number of hydrogen-bond acceptors (Lipinski definition) is 10. The minimum absolute atomic E-state index is 0.00695. The number of anilines is 3. The molecule has 204 valence electrons. The van der Waals surface area contributed by atoms with Crippen molar-refractivity contribution in [3.8, 4) is 11.6 Å². The fourth-order valence-electron chi connectivity index (χ4n) is 4.83. The number of benzene rings is 2. The summed E-state index contributed by atoms with van der Waals surface area (Å²) in [6.45, 7) is 0.824. The molecule has 14 heteroatoms. The number of ether oxygens (including phenoxy) is 1. The van der Waals surface area contributed by atoms with Crippen molar-refractivity contribution >= 4 is 39.7 Å². The molecule has 1 saturated carbocycles. The van der Waals surface area contributed by atoms with Gasteiger partial charge in [-0.3, -0.25) is 4.79 Å². The van der Waals surface area contributed by atoms with E-state index in [1.54, 1.807) is 12.1 Å². The van der Waals surface area contributed by atoms with Gasteiger partial charge in [-0.1, -0.05) is 65.0 Å². The van der Waals surface area contributed by atoms with Crippen molar-refractivity contribution in [3.05, 3.63) is 70.7 Å². The second kappa shape index (κ2) is 9.41. The summed E-state index contributed by atoms with van der Waals surface area (Å²) in [6, 6.07) is 16.5. The number of nitrogens with one attached hydrogen (secondary N) is 2. The number of fused-ring (bicyclic) bond motifs is 2. The Morgan fingerprint density at radius 3 is 2.70 bits per heavy atom. The Balaban J connectivity index is 1.22. The quantitative estimate of drug-likeness (QED) is 0.364. The van der Waals surface area contributed by atoms with Crippen LogP contribution >= 0.6 is 11.3 Å². The molecule has 0 spiro atoms. The molecule has 2 aromatic heterocycles. The fraction of sp³-hybridized carbons (Fsp3) is 0.269. The van der Waals surface area contributed by atoms with E-state index in [1.807, 2.05) is 47.4 Å². The van der Waals surface area contributed by atoms with Crippen LogP contribution in [0.4, 0.5) is 29.9 Å². The molecule has 2 N–H and O–H groups in total. The first-order valence-electron chi connectivity index (χ1n) is 12.5. The molecule has 40 heavy (non-hydrogen) atoms. The van der Waals surface area contributed by atoms with Crippen LogP contribution in [0.1, 0.15) is 22.6 Å². The highest BCUT2D eigenvalue weighted by atomic mass is 32.1. The molecule has 1 amide bonds. The Morgan fingerprint density at radius 2 is 1.88 bits per heavy atom. The molecule has 2 aliphatic heterocycles. The highest BCUT2D eigenvalue weighted by molar-refractivity contribution is 7.16. The predicted octanol–water partition coefficient (Wildman–Crippen LogP) is 4.42. The van der Waals surface area contributed by atoms with Crippen LogP contribution in [0.5, 0.6) is 0 Å². The summed E-state index contributed by atoms with van der Waals surface area (Å²) in [5.74, 6) is -0.669. The summed E-state index contributed by atoms with van der Waals surface area (Å²) < 4.78 is 52.2. The highest BCUT2D eigenvalue weighted by Crippen LogP contribution is 2.47. The zero-order valence-corrected chi connectivity index (χ0v) is 21.4. The third-order valence-corrected chi connectivity index (χ3v) is 7.90. The number of hydrogen-bond donors (Lipinski definition) is 2. The van der Waals surface area contributed by atoms with E-state index in [9.17, 15) is 18.0 Å². The van der Waals surface area contributed by atoms with Gasteiger partial charge >= 0.3 is 12.2 Å². The van der Waals surface area contributed by atoms with Crippen LogP contribution in [-0.2, 0) is 15.7 Å². The summed E-state index contributed by atoms with van der Waals surface area (Å²) in [5.41, 5.74) is 2.61. The van der Waals surface area contributed by atoms with Crippen LogP contribution < -0.4 is 15.5 Å². The number of carbonyl (C=O) groups is 1. The molecular formula is C26H20F3N7O3S. The Bertz CT molecular complexity index is 1620. The van der Waals surface area contributed by atoms with Crippen molar-refractivity contribution in [2.45, 2.75) is 30.9 Å². The fourth-order valence-corrected chi connectivity index (χ4v) is 5.84. The molecule has 0 unspecified atom stereocenters. The first-order chi connectivity index (χ1) is 19.3. The van der Waals surface area contributed by atoms with Gasteiger partial charge in [0.05, 0.1) is 30.2 Å². The number of para-hydroxylation sites is 1. The molecule has 3 atom stereocenters. The SMILES string of the molecule is O=C1Nc2ccccc2C(c2ccccc2)=N[C@@H]1Nc1nnc(-c2nc(C(F)(F)F)sc2N2CCO[C@@H]3C[C@@H]32)o1. The third kappa shape index (κ3) is 4.48. The maximum absolute atomic E-state index is 13.6. The molecule has 0 bridgehead atoms. The molecule has 10 nitrogen and oxygen atoms in total. The minimum Gasteiger partial charge on any atom is -0.402 e. The lowest BCUT2D eigenvalue weighted by molar-refractivity contribution is -0.137. The number of nitrogens with zero attached hydrogens (tertiary/aromatic N) is 5. The number of amides is 1. The number of carbonyl (C=O) groups excluding carboxylic acids is 1. The van der Waals surface area contributed by atoms with Gasteiger partial charge in [-0.2, -0.15) is 13.2 Å². The number of aromatic nitrogens is 3. The lowest BCUT2D eigenvalue weighted by atomic mass is 10.0. The Hall–Kier alpha value is -4.30. The van der Waals surface area contributed by atoms with E-state index in [0.29, 0.717) is 40.9 Å². The average molecular weight is 568 g/mol. The van der Waals surface area contributed by atoms with E-state index in [-0.39, 0.29) is 29.7 Å². The first-order valence-corrected chi connectivity index (χ1v) is 13.3. The van der Waals surface area contributed by atoms with Crippen molar-refractivity contribution in [1.29, 1.82) is 0 Å². The maximum Gasteiger partial charge on any atom is 0.443 e. The molecule has 4 aromatic rings. The normalized spacial score (nSPS) is 22.1. The number of rotatable bonds is 5. The van der Waals surface area contributed by atoms with Crippen molar-refractivity contribution in [1.82, 2.24) is 15.2 Å². The molecule has 0 radical (unpaired) electrons. The summed E-state index contributed by atoms with van der Waals surface area (Å²) >= 11 is 0.537. The van der Waals surface area contributed by atoms with Gasteiger partial charge in [-0.25, -0.2) is 9.98 Å². The van der Waals surface area contributed by atoms with Gasteiger partial charge in [0.15, 0.2) is 5.69 Å². The zero-order chi connectivity index (χ0) is 27.4. The molecule has 7 rings (SSSR count). The van der Waals surface area contributed by atoms with Crippen LogP contribution in [0.25, 0.3) is 11.6 Å². The molecule has 1 saturated heterocycles. The number of alkyl halides is 3. The largest absolute Gasteiger partial charge is 0.443 e. The van der Waals surface area contributed by atoms with Gasteiger partial charge in [0, 0.05) is 17.7 Å². The van der Waals surface area contributed by atoms with E-state index in [1.165, 1.54) is 0 Å². The summed E-state index contributed by atoms with van der Waals surface area (Å²) in [6.07, 6.45) is -5.07. The van der Waals surface area contributed by atoms with E-state index in [0.717, 1.165) is 17.5 Å².